The largest absolute Gasteiger partial charge is 0.496 e. The molecule has 4 rings (SSSR count). The first-order chi connectivity index (χ1) is 23.0. The van der Waals surface area contributed by atoms with Crippen molar-refractivity contribution in [1.29, 1.82) is 0 Å². The van der Waals surface area contributed by atoms with E-state index >= 15 is 0 Å². The number of rotatable bonds is 16. The van der Waals surface area contributed by atoms with Crippen LogP contribution in [0.25, 0.3) is 22.2 Å². The first kappa shape index (κ1) is 36.1. The molecular weight excluding hydrogens is 604 g/mol. The number of alkyl carbamates (subject to hydrolysis) is 1. The van der Waals surface area contributed by atoms with Gasteiger partial charge in [-0.3, -0.25) is 9.59 Å². The Morgan fingerprint density at radius 1 is 0.958 bits per heavy atom. The number of pyridine rings is 1. The molecule has 254 valence electrons. The van der Waals surface area contributed by atoms with Crippen molar-refractivity contribution >= 4 is 28.7 Å². The number of ketones is 1. The van der Waals surface area contributed by atoms with Gasteiger partial charge in [-0.2, -0.15) is 0 Å². The lowest BCUT2D eigenvalue weighted by Gasteiger charge is -2.28. The third-order valence-corrected chi connectivity index (χ3v) is 8.29. The zero-order valence-electron chi connectivity index (χ0n) is 29.0. The summed E-state index contributed by atoms with van der Waals surface area (Å²) in [6.07, 6.45) is 1.32. The van der Waals surface area contributed by atoms with Crippen LogP contribution in [0, 0.1) is 12.3 Å². The Morgan fingerprint density at radius 2 is 1.69 bits per heavy atom. The zero-order chi connectivity index (χ0) is 34.7. The molecule has 2 N–H and O–H groups in total. The molecule has 0 aliphatic carbocycles. The molecule has 1 atom stereocenters. The predicted octanol–water partition coefficient (Wildman–Crippen LogP) is 6.96. The fraction of sp³-hybridized carbons (Fsp3) is 0.385. The highest BCUT2D eigenvalue weighted by atomic mass is 16.5. The van der Waals surface area contributed by atoms with E-state index in [1.54, 1.807) is 13.2 Å². The number of Topliss-reactive ketones (excluding diaryl/α,β-unsaturated/α-hetero) is 1. The molecule has 1 aromatic heterocycles. The molecule has 9 nitrogen and oxygen atoms in total. The highest BCUT2D eigenvalue weighted by Gasteiger charge is 2.26. The Balaban J connectivity index is 1.51. The Kier molecular flexibility index (Phi) is 12.7. The van der Waals surface area contributed by atoms with Crippen molar-refractivity contribution in [3.63, 3.8) is 0 Å². The van der Waals surface area contributed by atoms with Gasteiger partial charge >= 0.3 is 6.09 Å². The molecule has 0 aliphatic rings. The number of hydrogen-bond acceptors (Lipinski definition) is 7. The first-order valence-corrected chi connectivity index (χ1v) is 16.4. The quantitative estimate of drug-likeness (QED) is 0.126. The van der Waals surface area contributed by atoms with Crippen LogP contribution >= 0.6 is 0 Å². The summed E-state index contributed by atoms with van der Waals surface area (Å²) in [4.78, 5) is 47.0. The second-order valence-electron chi connectivity index (χ2n) is 13.3. The number of hydrogen-bond donors (Lipinski definition) is 2. The average Bonchev–Trinajstić information content (AvgIpc) is 3.06. The van der Waals surface area contributed by atoms with Gasteiger partial charge in [0.1, 0.15) is 12.4 Å². The highest BCUT2D eigenvalue weighted by Crippen LogP contribution is 2.29. The van der Waals surface area contributed by atoms with Crippen molar-refractivity contribution < 1.29 is 23.9 Å². The van der Waals surface area contributed by atoms with Gasteiger partial charge in [-0.15, -0.1) is 0 Å². The third-order valence-electron chi connectivity index (χ3n) is 8.29. The minimum atomic E-state index is -0.728. The van der Waals surface area contributed by atoms with Crippen molar-refractivity contribution in [3.05, 3.63) is 95.6 Å². The number of nitrogens with zero attached hydrogens (tertiary/aromatic N) is 2. The van der Waals surface area contributed by atoms with Crippen LogP contribution in [0.3, 0.4) is 0 Å². The van der Waals surface area contributed by atoms with E-state index in [4.69, 9.17) is 14.5 Å². The standard InChI is InChI=1S/C39H48N4O5/c1-27-23-29(18-19-36(27)47-6)34-24-31(30-15-10-11-16-32(30)41-34)37(45)42-33(35(44)20-21-39(2,3)26-43(4)5)17-12-22-40-38(46)48-25-28-13-8-7-9-14-28/h7-11,13-16,18-19,23-24,33H,12,17,20-22,25-26H2,1-6H3,(H,40,46)(H,42,45). The number of amides is 2. The van der Waals surface area contributed by atoms with Crippen molar-refractivity contribution in [2.24, 2.45) is 5.41 Å². The van der Waals surface area contributed by atoms with Crippen molar-refractivity contribution in [1.82, 2.24) is 20.5 Å². The lowest BCUT2D eigenvalue weighted by Crippen LogP contribution is -2.42. The predicted molar refractivity (Wildman–Crippen MR) is 190 cm³/mol. The number of para-hydroxylation sites is 1. The minimum absolute atomic E-state index is 0.0359. The first-order valence-electron chi connectivity index (χ1n) is 16.4. The second-order valence-corrected chi connectivity index (χ2v) is 13.3. The van der Waals surface area contributed by atoms with E-state index in [1.165, 1.54) is 0 Å². The number of aromatic nitrogens is 1. The summed E-state index contributed by atoms with van der Waals surface area (Å²) >= 11 is 0. The molecule has 2 amide bonds. The smallest absolute Gasteiger partial charge is 0.407 e. The van der Waals surface area contributed by atoms with Crippen LogP contribution in [0.5, 0.6) is 5.75 Å². The van der Waals surface area contributed by atoms with Crippen LogP contribution < -0.4 is 15.4 Å². The molecule has 0 radical (unpaired) electrons. The van der Waals surface area contributed by atoms with Crippen molar-refractivity contribution in [2.75, 3.05) is 34.3 Å². The van der Waals surface area contributed by atoms with E-state index in [2.05, 4.69) is 29.4 Å². The van der Waals surface area contributed by atoms with Gasteiger partial charge in [-0.05, 0) is 87.2 Å². The molecule has 48 heavy (non-hydrogen) atoms. The fourth-order valence-electron chi connectivity index (χ4n) is 5.94. The number of benzene rings is 3. The number of nitrogens with one attached hydrogen (secondary N) is 2. The summed E-state index contributed by atoms with van der Waals surface area (Å²) in [7, 11) is 5.67. The van der Waals surface area contributed by atoms with Gasteiger partial charge in [-0.1, -0.05) is 62.4 Å². The summed E-state index contributed by atoms with van der Waals surface area (Å²) in [6, 6.07) is 23.8. The maximum absolute atomic E-state index is 14.0. The number of aryl methyl sites for hydroxylation is 1. The monoisotopic (exact) mass is 652 g/mol. The molecular formula is C39H48N4O5. The van der Waals surface area contributed by atoms with Gasteiger partial charge in [0.05, 0.1) is 29.9 Å². The van der Waals surface area contributed by atoms with Crippen LogP contribution in [0.2, 0.25) is 0 Å². The lowest BCUT2D eigenvalue weighted by molar-refractivity contribution is -0.121. The topological polar surface area (TPSA) is 110 Å². The summed E-state index contributed by atoms with van der Waals surface area (Å²) in [5.41, 5.74) is 4.40. The van der Waals surface area contributed by atoms with Crippen molar-refractivity contribution in [3.8, 4) is 17.0 Å². The number of ether oxygens (including phenoxy) is 2. The van der Waals surface area contributed by atoms with E-state index in [0.29, 0.717) is 54.4 Å². The average molecular weight is 653 g/mol. The minimum Gasteiger partial charge on any atom is -0.496 e. The van der Waals surface area contributed by atoms with Gasteiger partial charge in [0.2, 0.25) is 0 Å². The Labute approximate surface area is 284 Å². The molecule has 9 heteroatoms. The van der Waals surface area contributed by atoms with Gasteiger partial charge in [0, 0.05) is 30.5 Å². The Hall–Kier alpha value is -4.76. The molecule has 0 saturated carbocycles. The van der Waals surface area contributed by atoms with E-state index in [1.807, 2.05) is 93.8 Å². The summed E-state index contributed by atoms with van der Waals surface area (Å²) in [5.74, 6) is 0.388. The van der Waals surface area contributed by atoms with Gasteiger partial charge in [-0.25, -0.2) is 9.78 Å². The summed E-state index contributed by atoms with van der Waals surface area (Å²) in [5, 5.41) is 6.52. The fourth-order valence-corrected chi connectivity index (χ4v) is 5.94. The molecule has 3 aromatic carbocycles. The molecule has 0 saturated heterocycles. The summed E-state index contributed by atoms with van der Waals surface area (Å²) in [6.45, 7) is 7.56. The third kappa shape index (κ3) is 10.4. The van der Waals surface area contributed by atoms with Gasteiger partial charge in [0.25, 0.3) is 5.91 Å². The molecule has 0 bridgehead atoms. The summed E-state index contributed by atoms with van der Waals surface area (Å²) < 4.78 is 10.7. The van der Waals surface area contributed by atoms with Gasteiger partial charge < -0.3 is 25.0 Å². The number of methoxy groups -OCH3 is 1. The molecule has 0 fully saturated rings. The van der Waals surface area contributed by atoms with Crippen molar-refractivity contribution in [2.45, 2.75) is 59.1 Å². The zero-order valence-corrected chi connectivity index (χ0v) is 29.0. The second kappa shape index (κ2) is 16.9. The van der Waals surface area contributed by atoms with Crippen LogP contribution in [0.4, 0.5) is 4.79 Å². The number of carbonyl (C=O) groups excluding carboxylic acids is 3. The molecule has 0 aliphatic heterocycles. The van der Waals surface area contributed by atoms with E-state index < -0.39 is 12.1 Å². The number of carbonyl (C=O) groups is 3. The lowest BCUT2D eigenvalue weighted by atomic mass is 9.85. The maximum Gasteiger partial charge on any atom is 0.407 e. The molecule has 4 aromatic rings. The maximum atomic E-state index is 14.0. The number of fused-ring (bicyclic) bond motifs is 1. The molecule has 0 spiro atoms. The molecule has 1 heterocycles. The van der Waals surface area contributed by atoms with Crippen LogP contribution in [-0.4, -0.2) is 68.0 Å². The highest BCUT2D eigenvalue weighted by molar-refractivity contribution is 6.08. The van der Waals surface area contributed by atoms with Crippen LogP contribution in [-0.2, 0) is 16.1 Å². The van der Waals surface area contributed by atoms with Crippen LogP contribution in [0.15, 0.2) is 78.9 Å². The van der Waals surface area contributed by atoms with Gasteiger partial charge in [0.15, 0.2) is 5.78 Å². The van der Waals surface area contributed by atoms with E-state index in [9.17, 15) is 14.4 Å². The van der Waals surface area contributed by atoms with E-state index in [0.717, 1.165) is 29.0 Å². The van der Waals surface area contributed by atoms with E-state index in [-0.39, 0.29) is 23.7 Å². The Bertz CT molecular complexity index is 1700. The normalized spacial score (nSPS) is 12.1. The Morgan fingerprint density at radius 3 is 2.40 bits per heavy atom. The van der Waals surface area contributed by atoms with Crippen LogP contribution in [0.1, 0.15) is 61.0 Å². The SMILES string of the molecule is COc1ccc(-c2cc(C(=O)NC(CCCNC(=O)OCc3ccccc3)C(=O)CCC(C)(C)CN(C)C)c3ccccc3n2)cc1C. The molecule has 1 unspecified atom stereocenters.